The highest BCUT2D eigenvalue weighted by molar-refractivity contribution is 5.74. The summed E-state index contributed by atoms with van der Waals surface area (Å²) < 4.78 is 65.8. The van der Waals surface area contributed by atoms with Crippen LogP contribution in [0.3, 0.4) is 0 Å². The van der Waals surface area contributed by atoms with E-state index in [1.807, 2.05) is 0 Å². The largest absolute Gasteiger partial charge is 0.466 e. The number of methoxy groups -OCH3 is 1. The van der Waals surface area contributed by atoms with Gasteiger partial charge in [-0.2, -0.15) is 0 Å². The van der Waals surface area contributed by atoms with Crippen LogP contribution in [0.1, 0.15) is 6.92 Å². The van der Waals surface area contributed by atoms with Gasteiger partial charge >= 0.3 is 5.97 Å². The van der Waals surface area contributed by atoms with Crippen molar-refractivity contribution in [3.8, 4) is 22.8 Å². The fourth-order valence-corrected chi connectivity index (χ4v) is 2.51. The van der Waals surface area contributed by atoms with Crippen molar-refractivity contribution in [2.45, 2.75) is 13.0 Å². The molecule has 0 saturated heterocycles. The molecule has 2 aromatic carbocycles. The van der Waals surface area contributed by atoms with Crippen molar-refractivity contribution < 1.29 is 31.8 Å². The first-order valence-electron chi connectivity index (χ1n) is 8.05. The molecule has 0 aliphatic carbocycles. The van der Waals surface area contributed by atoms with Gasteiger partial charge < -0.3 is 9.47 Å². The van der Waals surface area contributed by atoms with Crippen molar-refractivity contribution in [1.82, 2.24) is 9.78 Å². The Kier molecular flexibility index (Phi) is 5.34. The first-order chi connectivity index (χ1) is 13.3. The van der Waals surface area contributed by atoms with Crippen LogP contribution >= 0.6 is 0 Å². The Labute approximate surface area is 157 Å². The third-order valence-electron chi connectivity index (χ3n) is 3.87. The zero-order chi connectivity index (χ0) is 20.4. The third kappa shape index (κ3) is 3.83. The van der Waals surface area contributed by atoms with Gasteiger partial charge in [-0.15, -0.1) is 5.10 Å². The summed E-state index contributed by atoms with van der Waals surface area (Å²) in [5, 5.41) is 4.03. The maximum atomic E-state index is 14.3. The molecule has 28 heavy (non-hydrogen) atoms. The van der Waals surface area contributed by atoms with Crippen molar-refractivity contribution in [3.05, 3.63) is 65.7 Å². The third-order valence-corrected chi connectivity index (χ3v) is 3.87. The Bertz CT molecular complexity index is 1040. The molecule has 0 bridgehead atoms. The van der Waals surface area contributed by atoms with Crippen LogP contribution < -0.4 is 4.74 Å². The van der Waals surface area contributed by atoms with Crippen LogP contribution in [0.4, 0.5) is 17.6 Å². The predicted octanol–water partition coefficient (Wildman–Crippen LogP) is 4.04. The minimum Gasteiger partial charge on any atom is -0.466 e. The van der Waals surface area contributed by atoms with Crippen LogP contribution in [0.5, 0.6) is 5.88 Å². The molecule has 1 aromatic heterocycles. The lowest BCUT2D eigenvalue weighted by atomic mass is 10.1. The Hall–Kier alpha value is -3.36. The van der Waals surface area contributed by atoms with Crippen molar-refractivity contribution in [2.75, 3.05) is 7.11 Å². The van der Waals surface area contributed by atoms with Gasteiger partial charge in [0.05, 0.1) is 12.8 Å². The molecule has 0 aliphatic rings. The summed E-state index contributed by atoms with van der Waals surface area (Å²) in [6.07, 6.45) is -1.04. The van der Waals surface area contributed by atoms with Crippen molar-refractivity contribution in [2.24, 2.45) is 0 Å². The number of carbonyl (C=O) groups is 1. The van der Waals surface area contributed by atoms with E-state index in [0.717, 1.165) is 35.0 Å². The van der Waals surface area contributed by atoms with E-state index < -0.39 is 35.3 Å². The molecular formula is C19H14F4N2O3. The number of rotatable bonds is 5. The Morgan fingerprint density at radius 3 is 2.39 bits per heavy atom. The quantitative estimate of drug-likeness (QED) is 0.484. The van der Waals surface area contributed by atoms with Gasteiger partial charge in [0.15, 0.2) is 17.7 Å². The molecule has 146 valence electrons. The van der Waals surface area contributed by atoms with E-state index in [1.165, 1.54) is 26.2 Å². The Morgan fingerprint density at radius 2 is 1.71 bits per heavy atom. The second-order valence-electron chi connectivity index (χ2n) is 5.79. The molecule has 0 spiro atoms. The number of carbonyl (C=O) groups excluding carboxylic acids is 1. The second-order valence-corrected chi connectivity index (χ2v) is 5.79. The Morgan fingerprint density at radius 1 is 1.00 bits per heavy atom. The number of hydrogen-bond donors (Lipinski definition) is 0. The van der Waals surface area contributed by atoms with Gasteiger partial charge in [-0.05, 0) is 37.3 Å². The molecular weight excluding hydrogens is 380 g/mol. The second kappa shape index (κ2) is 7.71. The van der Waals surface area contributed by atoms with Crippen molar-refractivity contribution in [1.29, 1.82) is 0 Å². The predicted molar refractivity (Wildman–Crippen MR) is 90.9 cm³/mol. The van der Waals surface area contributed by atoms with E-state index in [9.17, 15) is 22.4 Å². The zero-order valence-electron chi connectivity index (χ0n) is 14.7. The number of aromatic nitrogens is 2. The number of nitrogens with zero attached hydrogens (tertiary/aromatic N) is 2. The summed E-state index contributed by atoms with van der Waals surface area (Å²) in [6, 6.07) is 7.02. The average molecular weight is 394 g/mol. The standard InChI is InChI=1S/C19H14F4N2O3/c1-10(19(26)27-2)28-18-9-16(11-3-5-13(21)15(23)7-11)25(24-18)17-8-12(20)4-6-14(17)22/h3-10H,1-2H3/t10-/m1/s1. The molecule has 3 aromatic rings. The molecule has 0 radical (unpaired) electrons. The number of benzene rings is 2. The fraction of sp³-hybridized carbons (Fsp3) is 0.158. The summed E-state index contributed by atoms with van der Waals surface area (Å²) in [4.78, 5) is 11.5. The van der Waals surface area contributed by atoms with Crippen molar-refractivity contribution in [3.63, 3.8) is 0 Å². The molecule has 0 unspecified atom stereocenters. The van der Waals surface area contributed by atoms with E-state index in [1.54, 1.807) is 0 Å². The molecule has 0 amide bonds. The molecule has 0 saturated carbocycles. The van der Waals surface area contributed by atoms with Gasteiger partial charge in [-0.25, -0.2) is 27.0 Å². The fourth-order valence-electron chi connectivity index (χ4n) is 2.51. The normalized spacial score (nSPS) is 11.9. The smallest absolute Gasteiger partial charge is 0.346 e. The van der Waals surface area contributed by atoms with Crippen molar-refractivity contribution >= 4 is 5.97 Å². The average Bonchev–Trinajstić information content (AvgIpc) is 3.08. The number of ether oxygens (including phenoxy) is 2. The number of halogens is 4. The topological polar surface area (TPSA) is 53.4 Å². The molecule has 1 atom stereocenters. The van der Waals surface area contributed by atoms with Gasteiger partial charge in [-0.1, -0.05) is 0 Å². The van der Waals surface area contributed by atoms with Gasteiger partial charge in [0.2, 0.25) is 5.88 Å². The van der Waals surface area contributed by atoms with Gasteiger partial charge in [0, 0.05) is 17.7 Å². The summed E-state index contributed by atoms with van der Waals surface area (Å²) in [5.74, 6) is -4.53. The lowest BCUT2D eigenvalue weighted by Gasteiger charge is -2.10. The molecule has 1 heterocycles. The highest BCUT2D eigenvalue weighted by Gasteiger charge is 2.21. The maximum Gasteiger partial charge on any atom is 0.346 e. The summed E-state index contributed by atoms with van der Waals surface area (Å²) in [6.45, 7) is 1.41. The lowest BCUT2D eigenvalue weighted by Crippen LogP contribution is -2.25. The molecule has 0 fully saturated rings. The summed E-state index contributed by atoms with van der Waals surface area (Å²) in [5.41, 5.74) is -0.0496. The van der Waals surface area contributed by atoms with Crippen LogP contribution in [-0.2, 0) is 9.53 Å². The zero-order valence-corrected chi connectivity index (χ0v) is 14.7. The minimum atomic E-state index is -1.13. The van der Waals surface area contributed by atoms with Crippen LogP contribution in [-0.4, -0.2) is 29.0 Å². The van der Waals surface area contributed by atoms with E-state index in [2.05, 4.69) is 9.84 Å². The summed E-state index contributed by atoms with van der Waals surface area (Å²) >= 11 is 0. The van der Waals surface area contributed by atoms with Crippen LogP contribution in [0.25, 0.3) is 16.9 Å². The minimum absolute atomic E-state index is 0.0930. The Balaban J connectivity index is 2.14. The van der Waals surface area contributed by atoms with Gasteiger partial charge in [0.25, 0.3) is 0 Å². The van der Waals surface area contributed by atoms with Crippen LogP contribution in [0, 0.1) is 23.3 Å². The number of hydrogen-bond acceptors (Lipinski definition) is 4. The van der Waals surface area contributed by atoms with E-state index in [4.69, 9.17) is 4.74 Å². The lowest BCUT2D eigenvalue weighted by molar-refractivity contribution is -0.148. The monoisotopic (exact) mass is 394 g/mol. The highest BCUT2D eigenvalue weighted by Crippen LogP contribution is 2.30. The van der Waals surface area contributed by atoms with Crippen LogP contribution in [0.15, 0.2) is 42.5 Å². The molecule has 9 heteroatoms. The molecule has 3 rings (SSSR count). The van der Waals surface area contributed by atoms with E-state index in [-0.39, 0.29) is 22.8 Å². The SMILES string of the molecule is COC(=O)[C@@H](C)Oc1cc(-c2ccc(F)c(F)c2)n(-c2cc(F)ccc2F)n1. The molecule has 0 N–H and O–H groups in total. The maximum absolute atomic E-state index is 14.3. The highest BCUT2D eigenvalue weighted by atomic mass is 19.2. The van der Waals surface area contributed by atoms with Gasteiger partial charge in [-0.3, -0.25) is 0 Å². The van der Waals surface area contributed by atoms with E-state index >= 15 is 0 Å². The van der Waals surface area contributed by atoms with Crippen LogP contribution in [0.2, 0.25) is 0 Å². The first-order valence-corrected chi connectivity index (χ1v) is 8.05. The first kappa shape index (κ1) is 19.4. The summed E-state index contributed by atoms with van der Waals surface area (Å²) in [7, 11) is 1.18. The number of esters is 1. The van der Waals surface area contributed by atoms with E-state index in [0.29, 0.717) is 0 Å². The molecule has 0 aliphatic heterocycles. The molecule has 5 nitrogen and oxygen atoms in total. The van der Waals surface area contributed by atoms with Gasteiger partial charge in [0.1, 0.15) is 17.3 Å².